The van der Waals surface area contributed by atoms with Crippen LogP contribution in [0.3, 0.4) is 0 Å². The Balaban J connectivity index is 1.77. The molecule has 2 aliphatic heterocycles. The second kappa shape index (κ2) is 13.7. The standard InChI is InChI=1S/C32H55N5O4/c1-20(2)26(19-22(5)30(40)37-18-12-14-25(37)28(38)33-23-15-16-23)35(9)31(41)27(32(6,7)8)34-29(39)24-13-10-11-17-36(24)21(3)4/h19-21,23-27H,10-18H2,1-9H3,(H,33,38)(H,34,39)/t24-,25+,26-,27-/m1/s1. The lowest BCUT2D eigenvalue weighted by Gasteiger charge is -2.41. The van der Waals surface area contributed by atoms with E-state index in [0.717, 1.165) is 45.1 Å². The van der Waals surface area contributed by atoms with Gasteiger partial charge >= 0.3 is 0 Å². The summed E-state index contributed by atoms with van der Waals surface area (Å²) in [5.41, 5.74) is 0.0205. The molecule has 4 atom stereocenters. The Labute approximate surface area is 247 Å². The van der Waals surface area contributed by atoms with Crippen LogP contribution in [0.5, 0.6) is 0 Å². The Hall–Kier alpha value is -2.42. The molecule has 2 saturated heterocycles. The Kier molecular flexibility index (Phi) is 11.1. The van der Waals surface area contributed by atoms with Gasteiger partial charge in [0.1, 0.15) is 12.1 Å². The van der Waals surface area contributed by atoms with Crippen molar-refractivity contribution in [1.82, 2.24) is 25.3 Å². The maximum Gasteiger partial charge on any atom is 0.249 e. The number of hydrogen-bond acceptors (Lipinski definition) is 5. The van der Waals surface area contributed by atoms with Crippen molar-refractivity contribution in [2.24, 2.45) is 11.3 Å². The summed E-state index contributed by atoms with van der Waals surface area (Å²) in [6, 6.07) is -1.23. The summed E-state index contributed by atoms with van der Waals surface area (Å²) in [4.78, 5) is 59.5. The summed E-state index contributed by atoms with van der Waals surface area (Å²) in [6.45, 7) is 17.4. The van der Waals surface area contributed by atoms with Crippen molar-refractivity contribution < 1.29 is 19.2 Å². The van der Waals surface area contributed by atoms with Gasteiger partial charge in [0.25, 0.3) is 0 Å². The number of carbonyl (C=O) groups excluding carboxylic acids is 4. The molecule has 0 radical (unpaired) electrons. The van der Waals surface area contributed by atoms with Crippen LogP contribution in [-0.2, 0) is 19.2 Å². The van der Waals surface area contributed by atoms with Crippen LogP contribution in [-0.4, -0.2) is 94.7 Å². The smallest absolute Gasteiger partial charge is 0.249 e. The number of likely N-dealkylation sites (tertiary alicyclic amines) is 2. The highest BCUT2D eigenvalue weighted by atomic mass is 16.2. The summed E-state index contributed by atoms with van der Waals surface area (Å²) < 4.78 is 0. The Morgan fingerprint density at radius 1 is 0.878 bits per heavy atom. The fourth-order valence-corrected chi connectivity index (χ4v) is 6.20. The first-order valence-electron chi connectivity index (χ1n) is 15.8. The minimum Gasteiger partial charge on any atom is -0.352 e. The number of piperidine rings is 1. The molecule has 0 aromatic heterocycles. The number of likely N-dealkylation sites (N-methyl/N-ethyl adjacent to an activating group) is 1. The van der Waals surface area contributed by atoms with E-state index in [1.54, 1.807) is 23.8 Å². The molecule has 2 N–H and O–H groups in total. The zero-order chi connectivity index (χ0) is 30.6. The highest BCUT2D eigenvalue weighted by molar-refractivity contribution is 5.97. The zero-order valence-corrected chi connectivity index (χ0v) is 27.0. The highest BCUT2D eigenvalue weighted by Crippen LogP contribution is 2.27. The van der Waals surface area contributed by atoms with E-state index in [9.17, 15) is 19.2 Å². The van der Waals surface area contributed by atoms with Crippen molar-refractivity contribution >= 4 is 23.6 Å². The lowest BCUT2D eigenvalue weighted by atomic mass is 9.84. The minimum atomic E-state index is -0.712. The summed E-state index contributed by atoms with van der Waals surface area (Å²) >= 11 is 0. The van der Waals surface area contributed by atoms with E-state index < -0.39 is 17.5 Å². The zero-order valence-electron chi connectivity index (χ0n) is 27.0. The van der Waals surface area contributed by atoms with Crippen molar-refractivity contribution in [3.63, 3.8) is 0 Å². The molecule has 0 unspecified atom stereocenters. The van der Waals surface area contributed by atoms with Gasteiger partial charge in [-0.05, 0) is 77.2 Å². The van der Waals surface area contributed by atoms with Gasteiger partial charge in [-0.25, -0.2) is 0 Å². The maximum absolute atomic E-state index is 14.0. The van der Waals surface area contributed by atoms with Gasteiger partial charge in [-0.3, -0.25) is 24.1 Å². The van der Waals surface area contributed by atoms with Gasteiger partial charge in [0.2, 0.25) is 23.6 Å². The van der Waals surface area contributed by atoms with Crippen LogP contribution in [0.15, 0.2) is 11.6 Å². The molecule has 0 spiro atoms. The normalized spacial score (nSPS) is 23.9. The van der Waals surface area contributed by atoms with E-state index in [4.69, 9.17) is 0 Å². The van der Waals surface area contributed by atoms with Crippen LogP contribution in [0.25, 0.3) is 0 Å². The van der Waals surface area contributed by atoms with Gasteiger partial charge in [-0.15, -0.1) is 0 Å². The van der Waals surface area contributed by atoms with Crippen LogP contribution in [0.2, 0.25) is 0 Å². The van der Waals surface area contributed by atoms with E-state index >= 15 is 0 Å². The molecule has 3 aliphatic rings. The predicted octanol–water partition coefficient (Wildman–Crippen LogP) is 3.48. The van der Waals surface area contributed by atoms with Crippen LogP contribution < -0.4 is 10.6 Å². The van der Waals surface area contributed by atoms with Crippen molar-refractivity contribution in [3.8, 4) is 0 Å². The molecule has 9 heteroatoms. The van der Waals surface area contributed by atoms with E-state index in [1.165, 1.54) is 0 Å². The fourth-order valence-electron chi connectivity index (χ4n) is 6.20. The molecule has 0 bridgehead atoms. The van der Waals surface area contributed by atoms with Crippen molar-refractivity contribution in [2.75, 3.05) is 20.1 Å². The molecule has 41 heavy (non-hydrogen) atoms. The van der Waals surface area contributed by atoms with Gasteiger partial charge in [0.05, 0.1) is 12.1 Å². The van der Waals surface area contributed by atoms with Crippen molar-refractivity contribution in [2.45, 2.75) is 137 Å². The lowest BCUT2D eigenvalue weighted by Crippen LogP contribution is -2.60. The molecule has 9 nitrogen and oxygen atoms in total. The topological polar surface area (TPSA) is 102 Å². The average molecular weight is 574 g/mol. The number of carbonyl (C=O) groups is 4. The SMILES string of the molecule is CC(=C[C@H](C(C)C)N(C)C(=O)[C@@H](NC(=O)[C@H]1CCCCN1C(C)C)C(C)(C)C)C(=O)N1CCC[C@H]1C(=O)NC1CC1. The van der Waals surface area contributed by atoms with Gasteiger partial charge in [0, 0.05) is 31.2 Å². The molecule has 1 saturated carbocycles. The number of hydrogen-bond donors (Lipinski definition) is 2. The van der Waals surface area contributed by atoms with Gasteiger partial charge < -0.3 is 20.4 Å². The summed E-state index contributed by atoms with van der Waals surface area (Å²) in [6.07, 6.45) is 8.23. The van der Waals surface area contributed by atoms with Crippen LogP contribution in [0.4, 0.5) is 0 Å². The number of amides is 4. The van der Waals surface area contributed by atoms with E-state index in [0.29, 0.717) is 18.5 Å². The fraction of sp³-hybridized carbons (Fsp3) is 0.812. The molecule has 0 aromatic carbocycles. The quantitative estimate of drug-likeness (QED) is 0.390. The third-order valence-electron chi connectivity index (χ3n) is 8.89. The average Bonchev–Trinajstić information content (AvgIpc) is 3.58. The molecule has 3 rings (SSSR count). The third kappa shape index (κ3) is 8.33. The first-order chi connectivity index (χ1) is 19.1. The van der Waals surface area contributed by atoms with E-state index in [1.807, 2.05) is 40.7 Å². The Morgan fingerprint density at radius 2 is 1.51 bits per heavy atom. The number of rotatable bonds is 10. The van der Waals surface area contributed by atoms with Crippen molar-refractivity contribution in [1.29, 1.82) is 0 Å². The second-order valence-corrected chi connectivity index (χ2v) is 14.1. The van der Waals surface area contributed by atoms with Gasteiger partial charge in [0.15, 0.2) is 0 Å². The number of nitrogens with zero attached hydrogens (tertiary/aromatic N) is 3. The molecule has 1 aliphatic carbocycles. The molecule has 3 fully saturated rings. The number of nitrogens with one attached hydrogen (secondary N) is 2. The molecule has 0 aromatic rings. The molecular weight excluding hydrogens is 518 g/mol. The molecule has 4 amide bonds. The van der Waals surface area contributed by atoms with E-state index in [-0.39, 0.29) is 53.7 Å². The second-order valence-electron chi connectivity index (χ2n) is 14.1. The molecule has 2 heterocycles. The Bertz CT molecular complexity index is 997. The van der Waals surface area contributed by atoms with Crippen LogP contribution in [0, 0.1) is 11.3 Å². The van der Waals surface area contributed by atoms with Crippen molar-refractivity contribution in [3.05, 3.63) is 11.6 Å². The first-order valence-corrected chi connectivity index (χ1v) is 15.8. The van der Waals surface area contributed by atoms with E-state index in [2.05, 4.69) is 29.4 Å². The van der Waals surface area contributed by atoms with Gasteiger partial charge in [-0.1, -0.05) is 47.1 Å². The van der Waals surface area contributed by atoms with Crippen LogP contribution >= 0.6 is 0 Å². The molecular formula is C32H55N5O4. The predicted molar refractivity (Wildman–Crippen MR) is 162 cm³/mol. The minimum absolute atomic E-state index is 0.0327. The monoisotopic (exact) mass is 573 g/mol. The maximum atomic E-state index is 14.0. The highest BCUT2D eigenvalue weighted by Gasteiger charge is 2.41. The Morgan fingerprint density at radius 3 is 2.07 bits per heavy atom. The third-order valence-corrected chi connectivity index (χ3v) is 8.89. The lowest BCUT2D eigenvalue weighted by molar-refractivity contribution is -0.142. The summed E-state index contributed by atoms with van der Waals surface area (Å²) in [7, 11) is 1.76. The van der Waals surface area contributed by atoms with Crippen LogP contribution in [0.1, 0.15) is 100 Å². The molecule has 232 valence electrons. The van der Waals surface area contributed by atoms with Gasteiger partial charge in [-0.2, -0.15) is 0 Å². The summed E-state index contributed by atoms with van der Waals surface area (Å²) in [5.74, 6) is -0.443. The largest absolute Gasteiger partial charge is 0.352 e. The first kappa shape index (κ1) is 33.1. The summed E-state index contributed by atoms with van der Waals surface area (Å²) in [5, 5.41) is 6.18.